The molecule has 1 fully saturated rings. The van der Waals surface area contributed by atoms with E-state index in [9.17, 15) is 18.5 Å². The summed E-state index contributed by atoms with van der Waals surface area (Å²) in [5.41, 5.74) is 5.58. The smallest absolute Gasteiger partial charge is 0.275 e. The first-order valence-corrected chi connectivity index (χ1v) is 8.74. The standard InChI is InChI=1S/C13H18ClN3O4S.ClH/c1-9-12(14)5-11(6-13(9)17(18)19)22(20,21)16-4-2-3-10(7-15)8-16;/h5-6,10H,2-4,7-8,15H2,1H3;1H. The number of piperidine rings is 1. The minimum absolute atomic E-state index is 0. The van der Waals surface area contributed by atoms with Gasteiger partial charge in [-0.2, -0.15) is 4.31 Å². The molecule has 7 nitrogen and oxygen atoms in total. The molecule has 0 amide bonds. The van der Waals surface area contributed by atoms with Crippen molar-refractivity contribution in [3.8, 4) is 0 Å². The second kappa shape index (κ2) is 7.76. The van der Waals surface area contributed by atoms with Crippen molar-refractivity contribution in [3.63, 3.8) is 0 Å². The van der Waals surface area contributed by atoms with Crippen LogP contribution in [-0.2, 0) is 10.0 Å². The van der Waals surface area contributed by atoms with E-state index < -0.39 is 14.9 Å². The van der Waals surface area contributed by atoms with Crippen molar-refractivity contribution in [2.45, 2.75) is 24.7 Å². The molecule has 0 saturated carbocycles. The predicted molar refractivity (Wildman–Crippen MR) is 90.6 cm³/mol. The number of benzene rings is 1. The highest BCUT2D eigenvalue weighted by Gasteiger charge is 2.31. The SMILES string of the molecule is Cc1c(Cl)cc(S(=O)(=O)N2CCCC(CN)C2)cc1[N+](=O)[O-].Cl. The molecule has 130 valence electrons. The second-order valence-corrected chi connectivity index (χ2v) is 7.76. The molecule has 1 aliphatic heterocycles. The molecular formula is C13H19Cl2N3O4S. The van der Waals surface area contributed by atoms with Crippen molar-refractivity contribution in [1.29, 1.82) is 0 Å². The van der Waals surface area contributed by atoms with Crippen LogP contribution in [0.25, 0.3) is 0 Å². The van der Waals surface area contributed by atoms with Gasteiger partial charge in [-0.25, -0.2) is 8.42 Å². The number of nitrogens with two attached hydrogens (primary N) is 1. The highest BCUT2D eigenvalue weighted by Crippen LogP contribution is 2.32. The van der Waals surface area contributed by atoms with E-state index >= 15 is 0 Å². The Morgan fingerprint density at radius 2 is 2.13 bits per heavy atom. The maximum absolute atomic E-state index is 12.7. The van der Waals surface area contributed by atoms with E-state index in [2.05, 4.69) is 0 Å². The molecule has 1 saturated heterocycles. The number of sulfonamides is 1. The van der Waals surface area contributed by atoms with Crippen molar-refractivity contribution < 1.29 is 13.3 Å². The first-order valence-electron chi connectivity index (χ1n) is 6.92. The Labute approximate surface area is 146 Å². The molecule has 10 heteroatoms. The van der Waals surface area contributed by atoms with Gasteiger partial charge in [0.1, 0.15) is 0 Å². The number of hydrogen-bond acceptors (Lipinski definition) is 5. The third-order valence-electron chi connectivity index (χ3n) is 3.94. The van der Waals surface area contributed by atoms with Crippen molar-refractivity contribution in [1.82, 2.24) is 4.31 Å². The summed E-state index contributed by atoms with van der Waals surface area (Å²) in [4.78, 5) is 10.3. The van der Waals surface area contributed by atoms with E-state index in [1.54, 1.807) is 0 Å². The fourth-order valence-corrected chi connectivity index (χ4v) is 4.45. The first kappa shape index (κ1) is 20.1. The van der Waals surface area contributed by atoms with Gasteiger partial charge < -0.3 is 5.73 Å². The number of hydrogen-bond donors (Lipinski definition) is 1. The van der Waals surface area contributed by atoms with E-state index in [1.807, 2.05) is 0 Å². The van der Waals surface area contributed by atoms with Gasteiger partial charge in [0.15, 0.2) is 0 Å². The van der Waals surface area contributed by atoms with Gasteiger partial charge in [0.25, 0.3) is 5.69 Å². The lowest BCUT2D eigenvalue weighted by Gasteiger charge is -2.31. The van der Waals surface area contributed by atoms with Crippen LogP contribution in [0.4, 0.5) is 5.69 Å². The van der Waals surface area contributed by atoms with Crippen molar-refractivity contribution in [2.75, 3.05) is 19.6 Å². The average Bonchev–Trinajstić information content (AvgIpc) is 2.49. The number of halogens is 2. The van der Waals surface area contributed by atoms with Gasteiger partial charge in [0.05, 0.1) is 14.8 Å². The zero-order valence-corrected chi connectivity index (χ0v) is 15.0. The summed E-state index contributed by atoms with van der Waals surface area (Å²) in [5.74, 6) is 0.111. The summed E-state index contributed by atoms with van der Waals surface area (Å²) < 4.78 is 26.7. The maximum Gasteiger partial charge on any atom is 0.275 e. The normalized spacial score (nSPS) is 19.2. The molecule has 2 N–H and O–H groups in total. The van der Waals surface area contributed by atoms with E-state index in [1.165, 1.54) is 17.3 Å². The quantitative estimate of drug-likeness (QED) is 0.633. The summed E-state index contributed by atoms with van der Waals surface area (Å²) in [7, 11) is -3.81. The van der Waals surface area contributed by atoms with Crippen LogP contribution >= 0.6 is 24.0 Å². The summed E-state index contributed by atoms with van der Waals surface area (Å²) in [5, 5.41) is 11.1. The number of rotatable bonds is 4. The molecule has 1 unspecified atom stereocenters. The Kier molecular flexibility index (Phi) is 6.79. The number of nitrogens with zero attached hydrogens (tertiary/aromatic N) is 2. The minimum atomic E-state index is -3.81. The van der Waals surface area contributed by atoms with Crippen LogP contribution in [0.1, 0.15) is 18.4 Å². The Bertz CT molecular complexity index is 697. The third-order valence-corrected chi connectivity index (χ3v) is 6.18. The van der Waals surface area contributed by atoms with Gasteiger partial charge in [0, 0.05) is 24.7 Å². The number of nitro groups is 1. The fourth-order valence-electron chi connectivity index (χ4n) is 2.57. The van der Waals surface area contributed by atoms with Gasteiger partial charge in [-0.3, -0.25) is 10.1 Å². The van der Waals surface area contributed by atoms with Crippen LogP contribution in [0.3, 0.4) is 0 Å². The summed E-state index contributed by atoms with van der Waals surface area (Å²) in [6, 6.07) is 2.34. The number of nitro benzene ring substituents is 1. The molecule has 0 aromatic heterocycles. The van der Waals surface area contributed by atoms with E-state index in [0.717, 1.165) is 18.9 Å². The maximum atomic E-state index is 12.7. The Balaban J connectivity index is 0.00000264. The van der Waals surface area contributed by atoms with Crippen LogP contribution in [0.2, 0.25) is 5.02 Å². The fraction of sp³-hybridized carbons (Fsp3) is 0.538. The molecule has 0 aliphatic carbocycles. The minimum Gasteiger partial charge on any atom is -0.330 e. The molecule has 1 atom stereocenters. The van der Waals surface area contributed by atoms with E-state index in [4.69, 9.17) is 17.3 Å². The topological polar surface area (TPSA) is 107 Å². The molecule has 1 aromatic rings. The predicted octanol–water partition coefficient (Wildman–Crippen LogP) is 2.34. The van der Waals surface area contributed by atoms with Crippen LogP contribution in [0.5, 0.6) is 0 Å². The molecule has 1 heterocycles. The first-order chi connectivity index (χ1) is 10.3. The van der Waals surface area contributed by atoms with Gasteiger partial charge in [-0.1, -0.05) is 11.6 Å². The molecular weight excluding hydrogens is 365 g/mol. The van der Waals surface area contributed by atoms with Crippen molar-refractivity contribution in [2.24, 2.45) is 11.7 Å². The lowest BCUT2D eigenvalue weighted by atomic mass is 10.0. The Hall–Kier alpha value is -0.930. The molecule has 0 radical (unpaired) electrons. The summed E-state index contributed by atoms with van der Waals surface area (Å²) in [6.07, 6.45) is 1.61. The van der Waals surface area contributed by atoms with Crippen LogP contribution < -0.4 is 5.73 Å². The van der Waals surface area contributed by atoms with Crippen molar-refractivity contribution >= 4 is 39.7 Å². The summed E-state index contributed by atoms with van der Waals surface area (Å²) in [6.45, 7) is 2.62. The zero-order valence-electron chi connectivity index (χ0n) is 12.6. The van der Waals surface area contributed by atoms with E-state index in [0.29, 0.717) is 19.6 Å². The second-order valence-electron chi connectivity index (χ2n) is 5.41. The highest BCUT2D eigenvalue weighted by molar-refractivity contribution is 7.89. The van der Waals surface area contributed by atoms with Crippen LogP contribution in [0.15, 0.2) is 17.0 Å². The van der Waals surface area contributed by atoms with Crippen LogP contribution in [0, 0.1) is 23.0 Å². The highest BCUT2D eigenvalue weighted by atomic mass is 35.5. The van der Waals surface area contributed by atoms with Gasteiger partial charge in [-0.05, 0) is 38.3 Å². The molecule has 2 rings (SSSR count). The third kappa shape index (κ3) is 4.13. The summed E-state index contributed by atoms with van der Waals surface area (Å²) >= 11 is 5.96. The molecule has 1 aromatic carbocycles. The van der Waals surface area contributed by atoms with Crippen molar-refractivity contribution in [3.05, 3.63) is 32.8 Å². The Morgan fingerprint density at radius 3 is 2.70 bits per heavy atom. The lowest BCUT2D eigenvalue weighted by molar-refractivity contribution is -0.385. The largest absolute Gasteiger partial charge is 0.330 e. The monoisotopic (exact) mass is 383 g/mol. The molecule has 0 spiro atoms. The molecule has 0 bridgehead atoms. The average molecular weight is 384 g/mol. The molecule has 23 heavy (non-hydrogen) atoms. The lowest BCUT2D eigenvalue weighted by Crippen LogP contribution is -2.42. The Morgan fingerprint density at radius 1 is 1.48 bits per heavy atom. The van der Waals surface area contributed by atoms with Crippen LogP contribution in [-0.4, -0.2) is 37.3 Å². The van der Waals surface area contributed by atoms with Gasteiger partial charge >= 0.3 is 0 Å². The molecule has 1 aliphatic rings. The van der Waals surface area contributed by atoms with Gasteiger partial charge in [0.2, 0.25) is 10.0 Å². The van der Waals surface area contributed by atoms with Gasteiger partial charge in [-0.15, -0.1) is 12.4 Å². The van der Waals surface area contributed by atoms with E-state index in [-0.39, 0.29) is 39.5 Å². The zero-order chi connectivity index (χ0) is 16.5.